The SMILES string of the molecule is CC(O)C(NC(=O)CN)C(=O)NC(CC(N)=O)C(=O)NC(CCC(=O)O)C(=O)O. The maximum atomic E-state index is 12.3. The summed E-state index contributed by atoms with van der Waals surface area (Å²) in [6.07, 6.45) is -3.12. The summed E-state index contributed by atoms with van der Waals surface area (Å²) < 4.78 is 0. The molecule has 0 rings (SSSR count). The van der Waals surface area contributed by atoms with Gasteiger partial charge in [-0.3, -0.25) is 24.0 Å². The monoisotopic (exact) mass is 419 g/mol. The molecule has 29 heavy (non-hydrogen) atoms. The normalized spacial score (nSPS) is 14.6. The van der Waals surface area contributed by atoms with E-state index in [9.17, 15) is 33.9 Å². The van der Waals surface area contributed by atoms with E-state index < -0.39 is 85.6 Å². The lowest BCUT2D eigenvalue weighted by Crippen LogP contribution is -2.59. The van der Waals surface area contributed by atoms with Gasteiger partial charge in [0, 0.05) is 6.42 Å². The quantitative estimate of drug-likeness (QED) is 0.142. The van der Waals surface area contributed by atoms with E-state index in [1.165, 1.54) is 6.92 Å². The average Bonchev–Trinajstić information content (AvgIpc) is 2.60. The molecule has 14 heteroatoms. The van der Waals surface area contributed by atoms with Crippen LogP contribution in [0.5, 0.6) is 0 Å². The Labute approximate surface area is 165 Å². The molecule has 0 fully saturated rings. The summed E-state index contributed by atoms with van der Waals surface area (Å²) in [5.74, 6) is -6.78. The molecule has 4 amide bonds. The number of nitrogens with one attached hydrogen (secondary N) is 3. The molecule has 0 aromatic heterocycles. The fraction of sp³-hybridized carbons (Fsp3) is 0.600. The number of carbonyl (C=O) groups is 6. The molecule has 10 N–H and O–H groups in total. The average molecular weight is 419 g/mol. The number of aliphatic hydroxyl groups excluding tert-OH is 1. The molecular weight excluding hydrogens is 394 g/mol. The number of primary amides is 1. The van der Waals surface area contributed by atoms with Gasteiger partial charge in [-0.15, -0.1) is 0 Å². The van der Waals surface area contributed by atoms with Crippen molar-refractivity contribution in [2.24, 2.45) is 11.5 Å². The van der Waals surface area contributed by atoms with E-state index >= 15 is 0 Å². The Morgan fingerprint density at radius 2 is 1.48 bits per heavy atom. The van der Waals surface area contributed by atoms with Crippen molar-refractivity contribution in [3.8, 4) is 0 Å². The molecule has 0 aromatic rings. The highest BCUT2D eigenvalue weighted by atomic mass is 16.4. The maximum Gasteiger partial charge on any atom is 0.326 e. The molecule has 0 aromatic carbocycles. The number of carbonyl (C=O) groups excluding carboxylic acids is 4. The van der Waals surface area contributed by atoms with Crippen LogP contribution in [0.15, 0.2) is 0 Å². The largest absolute Gasteiger partial charge is 0.481 e. The van der Waals surface area contributed by atoms with Gasteiger partial charge in [0.25, 0.3) is 0 Å². The third-order valence-corrected chi connectivity index (χ3v) is 3.57. The first-order chi connectivity index (χ1) is 13.4. The molecule has 14 nitrogen and oxygen atoms in total. The van der Waals surface area contributed by atoms with E-state index in [0.29, 0.717) is 0 Å². The first-order valence-electron chi connectivity index (χ1n) is 8.40. The summed E-state index contributed by atoms with van der Waals surface area (Å²) in [5, 5.41) is 33.6. The van der Waals surface area contributed by atoms with Gasteiger partial charge < -0.3 is 42.7 Å². The second-order valence-electron chi connectivity index (χ2n) is 6.05. The lowest BCUT2D eigenvalue weighted by molar-refractivity contribution is -0.143. The Balaban J connectivity index is 5.35. The summed E-state index contributed by atoms with van der Waals surface area (Å²) in [5.41, 5.74) is 10.2. The molecule has 0 aliphatic rings. The Bertz CT molecular complexity index is 652. The minimum atomic E-state index is -1.64. The lowest BCUT2D eigenvalue weighted by atomic mass is 10.1. The van der Waals surface area contributed by atoms with Crippen molar-refractivity contribution in [2.45, 2.75) is 50.4 Å². The van der Waals surface area contributed by atoms with E-state index in [0.717, 1.165) is 0 Å². The topological polar surface area (TPSA) is 251 Å². The van der Waals surface area contributed by atoms with Gasteiger partial charge in [-0.2, -0.15) is 0 Å². The van der Waals surface area contributed by atoms with E-state index in [2.05, 4.69) is 10.6 Å². The van der Waals surface area contributed by atoms with E-state index in [1.807, 2.05) is 5.32 Å². The molecule has 0 bridgehead atoms. The Kier molecular flexibility index (Phi) is 10.9. The van der Waals surface area contributed by atoms with Crippen molar-refractivity contribution < 1.29 is 44.1 Å². The van der Waals surface area contributed by atoms with Crippen LogP contribution in [0.3, 0.4) is 0 Å². The number of aliphatic hydroxyl groups is 1. The molecule has 0 spiro atoms. The number of hydrogen-bond donors (Lipinski definition) is 8. The second kappa shape index (κ2) is 12.2. The number of carboxylic acid groups (broad SMARTS) is 2. The van der Waals surface area contributed by atoms with Gasteiger partial charge in [-0.25, -0.2) is 4.79 Å². The van der Waals surface area contributed by atoms with Gasteiger partial charge >= 0.3 is 11.9 Å². The first-order valence-corrected chi connectivity index (χ1v) is 8.40. The Morgan fingerprint density at radius 3 is 1.90 bits per heavy atom. The first kappa shape index (κ1) is 25.7. The number of rotatable bonds is 13. The van der Waals surface area contributed by atoms with E-state index in [1.54, 1.807) is 0 Å². The summed E-state index contributed by atoms with van der Waals surface area (Å²) in [4.78, 5) is 69.0. The minimum absolute atomic E-state index is 0.448. The zero-order valence-corrected chi connectivity index (χ0v) is 15.6. The smallest absolute Gasteiger partial charge is 0.326 e. The van der Waals surface area contributed by atoms with Crippen molar-refractivity contribution in [3.63, 3.8) is 0 Å². The highest BCUT2D eigenvalue weighted by molar-refractivity contribution is 5.96. The zero-order chi connectivity index (χ0) is 22.7. The Morgan fingerprint density at radius 1 is 0.931 bits per heavy atom. The Hall–Kier alpha value is -3.26. The molecule has 0 saturated carbocycles. The molecule has 4 atom stereocenters. The van der Waals surface area contributed by atoms with Crippen LogP contribution in [0.25, 0.3) is 0 Å². The van der Waals surface area contributed by atoms with Crippen molar-refractivity contribution in [1.29, 1.82) is 0 Å². The standard InChI is InChI=1S/C15H25N5O9/c1-6(21)12(20-10(23)5-16)14(27)19-8(4-9(17)22)13(26)18-7(15(28)29)2-3-11(24)25/h6-8,12,21H,2-5,16H2,1H3,(H2,17,22)(H,18,26)(H,19,27)(H,20,23)(H,24,25)(H,28,29). The number of nitrogens with two attached hydrogens (primary N) is 2. The highest BCUT2D eigenvalue weighted by Crippen LogP contribution is 2.02. The third-order valence-electron chi connectivity index (χ3n) is 3.57. The van der Waals surface area contributed by atoms with Crippen LogP contribution in [0.1, 0.15) is 26.2 Å². The number of hydrogen-bond acceptors (Lipinski definition) is 8. The molecule has 0 aliphatic carbocycles. The molecule has 164 valence electrons. The highest BCUT2D eigenvalue weighted by Gasteiger charge is 2.32. The van der Waals surface area contributed by atoms with Crippen LogP contribution in [0, 0.1) is 0 Å². The molecule has 0 radical (unpaired) electrons. The summed E-state index contributed by atoms with van der Waals surface area (Å²) >= 11 is 0. The van der Waals surface area contributed by atoms with Crippen LogP contribution in [-0.4, -0.2) is 81.7 Å². The molecule has 4 unspecified atom stereocenters. The number of carboxylic acids is 2. The molecule has 0 saturated heterocycles. The summed E-state index contributed by atoms with van der Waals surface area (Å²) in [6, 6.07) is -4.76. The van der Waals surface area contributed by atoms with Crippen LogP contribution < -0.4 is 27.4 Å². The zero-order valence-electron chi connectivity index (χ0n) is 15.6. The van der Waals surface area contributed by atoms with E-state index in [-0.39, 0.29) is 0 Å². The second-order valence-corrected chi connectivity index (χ2v) is 6.05. The fourth-order valence-corrected chi connectivity index (χ4v) is 2.11. The molecule has 0 heterocycles. The molecular formula is C15H25N5O9. The maximum absolute atomic E-state index is 12.3. The van der Waals surface area contributed by atoms with Gasteiger partial charge in [0.15, 0.2) is 0 Å². The predicted molar refractivity (Wildman–Crippen MR) is 94.8 cm³/mol. The predicted octanol–water partition coefficient (Wildman–Crippen LogP) is -4.39. The van der Waals surface area contributed by atoms with Crippen molar-refractivity contribution in [1.82, 2.24) is 16.0 Å². The fourth-order valence-electron chi connectivity index (χ4n) is 2.11. The van der Waals surface area contributed by atoms with Crippen LogP contribution in [0.2, 0.25) is 0 Å². The van der Waals surface area contributed by atoms with Gasteiger partial charge in [0.1, 0.15) is 18.1 Å². The lowest BCUT2D eigenvalue weighted by Gasteiger charge is -2.25. The number of aliphatic carboxylic acids is 2. The van der Waals surface area contributed by atoms with Gasteiger partial charge in [0.2, 0.25) is 23.6 Å². The number of amides is 4. The van der Waals surface area contributed by atoms with E-state index in [4.69, 9.17) is 21.7 Å². The van der Waals surface area contributed by atoms with Crippen molar-refractivity contribution >= 4 is 35.6 Å². The molecule has 0 aliphatic heterocycles. The van der Waals surface area contributed by atoms with Gasteiger partial charge in [-0.1, -0.05) is 0 Å². The van der Waals surface area contributed by atoms with Crippen molar-refractivity contribution in [3.05, 3.63) is 0 Å². The van der Waals surface area contributed by atoms with Crippen LogP contribution >= 0.6 is 0 Å². The van der Waals surface area contributed by atoms with Gasteiger partial charge in [-0.05, 0) is 13.3 Å². The van der Waals surface area contributed by atoms with Crippen LogP contribution in [0.4, 0.5) is 0 Å². The minimum Gasteiger partial charge on any atom is -0.481 e. The summed E-state index contributed by atoms with van der Waals surface area (Å²) in [6.45, 7) is 0.697. The summed E-state index contributed by atoms with van der Waals surface area (Å²) in [7, 11) is 0. The van der Waals surface area contributed by atoms with Crippen LogP contribution in [-0.2, 0) is 28.8 Å². The third kappa shape index (κ3) is 10.0. The van der Waals surface area contributed by atoms with Gasteiger partial charge in [0.05, 0.1) is 19.1 Å². The van der Waals surface area contributed by atoms with Crippen molar-refractivity contribution in [2.75, 3.05) is 6.54 Å².